The summed E-state index contributed by atoms with van der Waals surface area (Å²) in [5.74, 6) is 0. The van der Waals surface area contributed by atoms with Gasteiger partial charge in [-0.15, -0.1) is 12.4 Å². The second-order valence-corrected chi connectivity index (χ2v) is 1.19. The fraction of sp³-hybridized carbons (Fsp3) is 0. The Hall–Kier alpha value is 1.16. The first kappa shape index (κ1) is 15.7. The topological polar surface area (TPSA) is 89.4 Å². The van der Waals surface area contributed by atoms with Crippen molar-refractivity contribution in [3.05, 3.63) is 0 Å². The van der Waals surface area contributed by atoms with Gasteiger partial charge in [-0.2, -0.15) is 14.0 Å². The van der Waals surface area contributed by atoms with Crippen LogP contribution < -0.4 is 14.0 Å². The third-order valence-electron chi connectivity index (χ3n) is 0. The molecule has 0 aliphatic carbocycles. The molecule has 0 atom stereocenters. The second-order valence-electron chi connectivity index (χ2n) is 0.396. The Balaban J connectivity index is -0.0000000800. The molecule has 7 heteroatoms. The smallest absolute Gasteiger partial charge is 0.0777 e. The van der Waals surface area contributed by atoms with Crippen molar-refractivity contribution in [3.63, 3.8) is 0 Å². The van der Waals surface area contributed by atoms with E-state index in [4.69, 9.17) is 18.6 Å². The summed E-state index contributed by atoms with van der Waals surface area (Å²) in [6.07, 6.45) is 0. The number of hydrogen-bond acceptors (Lipinski definition) is 4. The quantitative estimate of drug-likeness (QED) is 0.444. The van der Waals surface area contributed by atoms with Crippen molar-refractivity contribution in [1.82, 2.24) is 0 Å². The molecule has 51 valence electrons. The minimum absolute atomic E-state index is 0. The van der Waals surface area contributed by atoms with E-state index in [-0.39, 0.29) is 34.8 Å². The van der Waals surface area contributed by atoms with Crippen molar-refractivity contribution in [3.8, 4) is 0 Å². The Morgan fingerprint density at radius 3 is 1.14 bits per heavy atom. The molecule has 1 radical (unpaired) electrons. The van der Waals surface area contributed by atoms with E-state index in [1.807, 2.05) is 0 Å². The zero-order chi connectivity index (χ0) is 4.50. The van der Waals surface area contributed by atoms with Crippen LogP contribution in [-0.4, -0.2) is 4.66 Å². The average molecular weight is 245 g/mol. The van der Waals surface area contributed by atoms with Gasteiger partial charge in [0.05, 0.1) is 14.9 Å². The minimum Gasteiger partial charge on any atom is -0.183 e. The van der Waals surface area contributed by atoms with Gasteiger partial charge < -0.3 is 0 Å². The molecule has 1 N–H and O–H groups in total. The first-order chi connectivity index (χ1) is 2.00. The van der Waals surface area contributed by atoms with Gasteiger partial charge in [-0.3, -0.25) is 0 Å². The molecule has 0 saturated heterocycles. The molecule has 4 nitrogen and oxygen atoms in total. The number of halogens is 2. The van der Waals surface area contributed by atoms with Crippen LogP contribution in [0.1, 0.15) is 0 Å². The third kappa shape index (κ3) is 142. The van der Waals surface area contributed by atoms with Crippen molar-refractivity contribution in [2.24, 2.45) is 0 Å². The minimum atomic E-state index is -4.69. The summed E-state index contributed by atoms with van der Waals surface area (Å²) in [6, 6.07) is 0. The van der Waals surface area contributed by atoms with Crippen molar-refractivity contribution >= 4 is 12.4 Å². The second kappa shape index (κ2) is 5.30. The molecule has 0 spiro atoms. The molecule has 0 aliphatic rings. The molecule has 0 fully saturated rings. The summed E-state index contributed by atoms with van der Waals surface area (Å²) in [6.45, 7) is 0. The predicted octanol–water partition coefficient (Wildman–Crippen LogP) is -3.70. The zero-order valence-corrected chi connectivity index (χ0v) is 5.81. The van der Waals surface area contributed by atoms with E-state index in [1.54, 1.807) is 0 Å². The summed E-state index contributed by atoms with van der Waals surface area (Å²) >= 11 is 0. The maximum absolute atomic E-state index is 8.60. The van der Waals surface area contributed by atoms with Gasteiger partial charge in [0, 0.05) is 22.4 Å². The van der Waals surface area contributed by atoms with Crippen LogP contribution in [-0.2, 0) is 22.4 Å². The molecular weight excluding hydrogens is 243 g/mol. The van der Waals surface area contributed by atoms with Gasteiger partial charge >= 0.3 is 0 Å². The molecule has 0 aromatic rings. The Morgan fingerprint density at radius 1 is 1.14 bits per heavy atom. The first-order valence-corrected chi connectivity index (χ1v) is 1.90. The molecule has 0 aromatic heterocycles. The summed E-state index contributed by atoms with van der Waals surface area (Å²) < 4.78 is 32.7. The van der Waals surface area contributed by atoms with Gasteiger partial charge in [0.25, 0.3) is 0 Å². The van der Waals surface area contributed by atoms with Crippen molar-refractivity contribution in [2.45, 2.75) is 0 Å². The van der Waals surface area contributed by atoms with E-state index in [0.29, 0.717) is 0 Å². The fourth-order valence-corrected chi connectivity index (χ4v) is 0. The molecule has 0 amide bonds. The average Bonchev–Trinajstić information content (AvgIpc) is 0.722. The molecule has 7 heavy (non-hydrogen) atoms. The third-order valence-corrected chi connectivity index (χ3v) is 0. The van der Waals surface area contributed by atoms with Crippen molar-refractivity contribution in [2.75, 3.05) is 0 Å². The van der Waals surface area contributed by atoms with Crippen LogP contribution in [0.5, 0.6) is 0 Å². The Labute approximate surface area is 63.8 Å². The van der Waals surface area contributed by atoms with Gasteiger partial charge in [-0.25, -0.2) is 0 Å². The van der Waals surface area contributed by atoms with Gasteiger partial charge in [0.1, 0.15) is 0 Å². The van der Waals surface area contributed by atoms with Crippen LogP contribution in [0.3, 0.4) is 0 Å². The molecular formula is H2AgCl2O4. The summed E-state index contributed by atoms with van der Waals surface area (Å²) in [5.41, 5.74) is 0. The first-order valence-electron chi connectivity index (χ1n) is 0.632. The van der Waals surface area contributed by atoms with E-state index < -0.39 is 10.2 Å². The van der Waals surface area contributed by atoms with Gasteiger partial charge in [-0.05, 0) is 0 Å². The van der Waals surface area contributed by atoms with Crippen LogP contribution in [0.15, 0.2) is 0 Å². The summed E-state index contributed by atoms with van der Waals surface area (Å²) in [4.78, 5) is 0. The van der Waals surface area contributed by atoms with Crippen LogP contribution >= 0.6 is 12.4 Å². The van der Waals surface area contributed by atoms with Gasteiger partial charge in [-0.1, -0.05) is 0 Å². The Kier molecular flexibility index (Phi) is 11.9. The molecule has 0 rings (SSSR count). The van der Waals surface area contributed by atoms with Crippen molar-refractivity contribution in [1.29, 1.82) is 0 Å². The largest absolute Gasteiger partial charge is 0.183 e. The van der Waals surface area contributed by atoms with Crippen molar-refractivity contribution < 1.29 is 51.3 Å². The van der Waals surface area contributed by atoms with Crippen LogP contribution in [0, 0.1) is 10.2 Å². The van der Waals surface area contributed by atoms with Gasteiger partial charge in [0.2, 0.25) is 0 Å². The van der Waals surface area contributed by atoms with E-state index in [1.165, 1.54) is 0 Å². The molecule has 0 unspecified atom stereocenters. The standard InChI is InChI=1S/Ag.ClHO4.ClH/c;2-1(3,4)5;/h;(H,2,3,4,5);1H. The predicted molar refractivity (Wildman–Crippen MR) is 9.47 cm³/mol. The monoisotopic (exact) mass is 243 g/mol. The number of hydrogen-bond donors (Lipinski definition) is 1. The molecule has 0 saturated carbocycles. The zero-order valence-electron chi connectivity index (χ0n) is 2.76. The fourth-order valence-electron chi connectivity index (χ4n) is 0. The maximum atomic E-state index is 8.60. The van der Waals surface area contributed by atoms with Gasteiger partial charge in [0.15, 0.2) is 0 Å². The molecule has 0 aliphatic heterocycles. The maximum Gasteiger partial charge on any atom is 0.0777 e. The van der Waals surface area contributed by atoms with E-state index in [2.05, 4.69) is 0 Å². The SMILES string of the molecule is Cl.[Ag].[O-][Cl+3]([O-])([O-])O. The normalized spacial score (nSPS) is 8.57. The van der Waals surface area contributed by atoms with Crippen LogP contribution in [0.2, 0.25) is 0 Å². The molecule has 0 aromatic carbocycles. The summed E-state index contributed by atoms with van der Waals surface area (Å²) in [5, 5.41) is 0. The molecule has 0 bridgehead atoms. The van der Waals surface area contributed by atoms with Crippen LogP contribution in [0.25, 0.3) is 0 Å². The molecule has 0 heterocycles. The summed E-state index contributed by atoms with van der Waals surface area (Å²) in [7, 11) is -4.69. The van der Waals surface area contributed by atoms with E-state index in [0.717, 1.165) is 0 Å². The van der Waals surface area contributed by atoms with E-state index >= 15 is 0 Å². The Bertz CT molecular complexity index is 25.2. The van der Waals surface area contributed by atoms with Crippen LogP contribution in [0.4, 0.5) is 0 Å². The number of rotatable bonds is 0. The van der Waals surface area contributed by atoms with E-state index in [9.17, 15) is 0 Å². The Morgan fingerprint density at radius 2 is 1.14 bits per heavy atom.